The molecule has 0 bridgehead atoms. The second-order valence-electron chi connectivity index (χ2n) is 7.17. The van der Waals surface area contributed by atoms with Crippen LogP contribution in [0, 0.1) is 0 Å². The molecular weight excluding hydrogens is 480 g/mol. The molecule has 3 rings (SSSR count). The second-order valence-corrected chi connectivity index (χ2v) is 7.39. The lowest BCUT2D eigenvalue weighted by molar-refractivity contribution is -0.123. The van der Waals surface area contributed by atoms with Crippen molar-refractivity contribution >= 4 is 29.3 Å². The number of ether oxygens (including phenoxy) is 4. The number of primary amides is 1. The topological polar surface area (TPSA) is 163 Å². The van der Waals surface area contributed by atoms with E-state index in [1.807, 2.05) is 0 Å². The van der Waals surface area contributed by atoms with Crippen molar-refractivity contribution in [3.8, 4) is 45.5 Å². The van der Waals surface area contributed by atoms with Gasteiger partial charge in [0, 0.05) is 11.1 Å². The van der Waals surface area contributed by atoms with E-state index in [1.165, 1.54) is 28.4 Å². The summed E-state index contributed by atoms with van der Waals surface area (Å²) in [5.41, 5.74) is 7.77. The van der Waals surface area contributed by atoms with Gasteiger partial charge >= 0.3 is 0 Å². The van der Waals surface area contributed by atoms with Crippen LogP contribution in [-0.2, 0) is 9.59 Å². The molecule has 0 saturated carbocycles. The number of benzene rings is 2. The predicted octanol–water partition coefficient (Wildman–Crippen LogP) is 2.10. The highest BCUT2D eigenvalue weighted by molar-refractivity contribution is 6.16. The highest BCUT2D eigenvalue weighted by atomic mass is 35.5. The maximum atomic E-state index is 12.6. The Bertz CT molecular complexity index is 1190. The molecule has 1 heterocycles. The predicted molar refractivity (Wildman–Crippen MR) is 129 cm³/mol. The van der Waals surface area contributed by atoms with Crippen molar-refractivity contribution in [2.24, 2.45) is 5.73 Å². The first-order valence-corrected chi connectivity index (χ1v) is 10.6. The number of nitrogens with zero attached hydrogens (tertiary/aromatic N) is 2. The average molecular weight is 505 g/mol. The number of hydrogen-bond donors (Lipinski definition) is 4. The maximum Gasteiger partial charge on any atom is 0.243 e. The summed E-state index contributed by atoms with van der Waals surface area (Å²) in [6.07, 6.45) is -0.286. The molecule has 0 saturated heterocycles. The van der Waals surface area contributed by atoms with Crippen LogP contribution < -0.4 is 34.8 Å². The molecule has 2 aromatic carbocycles. The van der Waals surface area contributed by atoms with Crippen molar-refractivity contribution in [3.05, 3.63) is 30.3 Å². The van der Waals surface area contributed by atoms with Crippen LogP contribution in [0.2, 0.25) is 0 Å². The first kappa shape index (κ1) is 25.6. The van der Waals surface area contributed by atoms with Crippen molar-refractivity contribution in [1.82, 2.24) is 20.2 Å². The van der Waals surface area contributed by atoms with Gasteiger partial charge in [0.15, 0.2) is 11.5 Å². The fourth-order valence-electron chi connectivity index (χ4n) is 3.41. The van der Waals surface area contributed by atoms with Gasteiger partial charge in [-0.25, -0.2) is 4.84 Å². The van der Waals surface area contributed by atoms with Gasteiger partial charge in [-0.3, -0.25) is 9.59 Å². The molecule has 0 fully saturated rings. The lowest BCUT2D eigenvalue weighted by atomic mass is 10.0. The Morgan fingerprint density at radius 3 is 2.06 bits per heavy atom. The summed E-state index contributed by atoms with van der Waals surface area (Å²) in [5, 5.41) is 13.9. The van der Waals surface area contributed by atoms with Gasteiger partial charge in [-0.1, -0.05) is 0 Å². The van der Waals surface area contributed by atoms with E-state index in [9.17, 15) is 9.59 Å². The van der Waals surface area contributed by atoms with Crippen molar-refractivity contribution in [2.45, 2.75) is 12.5 Å². The molecule has 186 valence electrons. The van der Waals surface area contributed by atoms with Gasteiger partial charge in [0.25, 0.3) is 0 Å². The number of nitrogens with one attached hydrogen (secondary N) is 3. The monoisotopic (exact) mass is 504 g/mol. The summed E-state index contributed by atoms with van der Waals surface area (Å²) in [7, 11) is 6.01. The van der Waals surface area contributed by atoms with Gasteiger partial charge in [-0.15, -0.1) is 0 Å². The summed E-state index contributed by atoms with van der Waals surface area (Å²) in [5.74, 6) is 0.472. The van der Waals surface area contributed by atoms with Crippen LogP contribution in [0.15, 0.2) is 30.3 Å². The zero-order valence-corrected chi connectivity index (χ0v) is 20.2. The van der Waals surface area contributed by atoms with E-state index in [-0.39, 0.29) is 6.42 Å². The fraction of sp³-hybridized carbons (Fsp3) is 0.273. The number of nitrogens with two attached hydrogens (primary N) is 1. The standard InChI is InChI=1S/C22H25ClN6O6/c1-32-15-6-5-11(7-13(15)25-22(31)14(26-23)10-18(24)30)19-20(28-29-27-19)12-8-16(33-2)21(35-4)17(9-12)34-3/h5-9,14,26H,10H2,1-4H3,(H2,24,30)(H,25,31)(H,27,28,29). The van der Waals surface area contributed by atoms with Gasteiger partial charge in [-0.2, -0.15) is 15.4 Å². The van der Waals surface area contributed by atoms with Crippen LogP contribution in [0.25, 0.3) is 22.5 Å². The van der Waals surface area contributed by atoms with Crippen molar-refractivity contribution in [3.63, 3.8) is 0 Å². The minimum atomic E-state index is -1.04. The molecule has 3 aromatic rings. The number of rotatable bonds is 11. The molecule has 1 unspecified atom stereocenters. The first-order chi connectivity index (χ1) is 16.9. The number of carbonyl (C=O) groups excluding carboxylic acids is 2. The van der Waals surface area contributed by atoms with E-state index >= 15 is 0 Å². The number of aromatic amines is 1. The fourth-order valence-corrected chi connectivity index (χ4v) is 3.58. The first-order valence-electron chi connectivity index (χ1n) is 10.2. The van der Waals surface area contributed by atoms with E-state index in [1.54, 1.807) is 30.3 Å². The Kier molecular flexibility index (Phi) is 8.34. The molecule has 0 aliphatic heterocycles. The number of hydrogen-bond acceptors (Lipinski definition) is 9. The molecule has 0 radical (unpaired) electrons. The van der Waals surface area contributed by atoms with Crippen LogP contribution >= 0.6 is 11.8 Å². The van der Waals surface area contributed by atoms with Gasteiger partial charge in [0.1, 0.15) is 23.2 Å². The van der Waals surface area contributed by atoms with Gasteiger partial charge < -0.3 is 30.0 Å². The molecule has 12 nitrogen and oxygen atoms in total. The zero-order valence-electron chi connectivity index (χ0n) is 19.5. The largest absolute Gasteiger partial charge is 0.495 e. The number of anilines is 1. The molecule has 0 aliphatic carbocycles. The molecule has 35 heavy (non-hydrogen) atoms. The van der Waals surface area contributed by atoms with Crippen molar-refractivity contribution < 1.29 is 28.5 Å². The van der Waals surface area contributed by atoms with E-state index in [2.05, 4.69) is 25.6 Å². The molecule has 2 amide bonds. The summed E-state index contributed by atoms with van der Waals surface area (Å²) < 4.78 is 21.6. The minimum absolute atomic E-state index is 0.286. The van der Waals surface area contributed by atoms with Crippen LogP contribution in [0.3, 0.4) is 0 Å². The Morgan fingerprint density at radius 1 is 0.943 bits per heavy atom. The van der Waals surface area contributed by atoms with Gasteiger partial charge in [-0.05, 0) is 42.1 Å². The van der Waals surface area contributed by atoms with E-state index < -0.39 is 17.9 Å². The quantitative estimate of drug-likeness (QED) is 0.286. The summed E-state index contributed by atoms with van der Waals surface area (Å²) in [6.45, 7) is 0. The van der Waals surface area contributed by atoms with Crippen LogP contribution in [0.1, 0.15) is 6.42 Å². The average Bonchev–Trinajstić information content (AvgIpc) is 3.36. The third kappa shape index (κ3) is 5.55. The lowest BCUT2D eigenvalue weighted by Gasteiger charge is -2.16. The zero-order chi connectivity index (χ0) is 25.5. The normalized spacial score (nSPS) is 11.5. The number of aromatic nitrogens is 3. The summed E-state index contributed by atoms with van der Waals surface area (Å²) in [6, 6.07) is 7.53. The molecule has 13 heteroatoms. The number of halogens is 1. The van der Waals surface area contributed by atoms with E-state index in [4.69, 9.17) is 36.5 Å². The highest BCUT2D eigenvalue weighted by Gasteiger charge is 2.23. The van der Waals surface area contributed by atoms with Crippen LogP contribution in [-0.4, -0.2) is 61.7 Å². The SMILES string of the molecule is COc1ccc(-c2n[nH]nc2-c2cc(OC)c(OC)c(OC)c2)cc1NC(=O)C(CC(N)=O)NCl. The molecule has 1 atom stereocenters. The third-order valence-electron chi connectivity index (χ3n) is 5.07. The minimum Gasteiger partial charge on any atom is -0.495 e. The van der Waals surface area contributed by atoms with Crippen molar-refractivity contribution in [1.29, 1.82) is 0 Å². The summed E-state index contributed by atoms with van der Waals surface area (Å²) in [4.78, 5) is 26.1. The van der Waals surface area contributed by atoms with E-state index in [0.717, 1.165) is 0 Å². The van der Waals surface area contributed by atoms with Gasteiger partial charge in [0.05, 0.1) is 40.5 Å². The Balaban J connectivity index is 2.03. The number of methoxy groups -OCH3 is 4. The maximum absolute atomic E-state index is 12.6. The number of H-pyrrole nitrogens is 1. The molecule has 0 spiro atoms. The molecular formula is C22H25ClN6O6. The second kappa shape index (κ2) is 11.4. The molecule has 1 aromatic heterocycles. The summed E-state index contributed by atoms with van der Waals surface area (Å²) >= 11 is 5.62. The third-order valence-corrected chi connectivity index (χ3v) is 5.33. The lowest BCUT2D eigenvalue weighted by Crippen LogP contribution is -2.39. The highest BCUT2D eigenvalue weighted by Crippen LogP contribution is 2.42. The Labute approximate surface area is 206 Å². The van der Waals surface area contributed by atoms with Crippen LogP contribution in [0.5, 0.6) is 23.0 Å². The van der Waals surface area contributed by atoms with E-state index in [0.29, 0.717) is 51.2 Å². The number of amides is 2. The Hall–Kier alpha value is -4.03. The smallest absolute Gasteiger partial charge is 0.243 e. The van der Waals surface area contributed by atoms with Gasteiger partial charge in [0.2, 0.25) is 17.6 Å². The Morgan fingerprint density at radius 2 is 1.54 bits per heavy atom. The molecule has 0 aliphatic rings. The number of carbonyl (C=O) groups is 2. The van der Waals surface area contributed by atoms with Crippen LogP contribution in [0.4, 0.5) is 5.69 Å². The molecule has 5 N–H and O–H groups in total. The van der Waals surface area contributed by atoms with Crippen molar-refractivity contribution in [2.75, 3.05) is 33.8 Å².